The van der Waals surface area contributed by atoms with E-state index in [0.717, 1.165) is 5.39 Å². The lowest BCUT2D eigenvalue weighted by molar-refractivity contribution is 1.39. The number of hydrogen-bond acceptors (Lipinski definition) is 2. The highest BCUT2D eigenvalue weighted by molar-refractivity contribution is 5.86. The van der Waals surface area contributed by atoms with Gasteiger partial charge in [-0.05, 0) is 12.1 Å². The molecule has 0 saturated carbocycles. The molecule has 0 aliphatic carbocycles. The highest BCUT2D eigenvalue weighted by Gasteiger charge is 2.04. The van der Waals surface area contributed by atoms with Crippen LogP contribution in [0, 0.1) is 23.7 Å². The monoisotopic (exact) mass is 178 g/mol. The van der Waals surface area contributed by atoms with E-state index in [2.05, 4.69) is 17.0 Å². The number of terminal acetylenes is 1. The van der Waals surface area contributed by atoms with Crippen molar-refractivity contribution in [2.24, 2.45) is 0 Å². The summed E-state index contributed by atoms with van der Waals surface area (Å²) in [6, 6.07) is 9.39. The molecule has 0 atom stereocenters. The molecule has 2 rings (SSSR count). The van der Waals surface area contributed by atoms with Crippen LogP contribution in [-0.2, 0) is 0 Å². The number of nitriles is 1. The molecule has 1 aromatic carbocycles. The van der Waals surface area contributed by atoms with Crippen molar-refractivity contribution in [2.45, 2.75) is 0 Å². The Morgan fingerprint density at radius 3 is 2.86 bits per heavy atom. The van der Waals surface area contributed by atoms with Gasteiger partial charge in [0.1, 0.15) is 6.07 Å². The molecule has 0 aliphatic rings. The predicted octanol–water partition coefficient (Wildman–Crippen LogP) is 2.09. The van der Waals surface area contributed by atoms with Crippen molar-refractivity contribution in [2.75, 3.05) is 0 Å². The number of pyridine rings is 1. The molecule has 0 fully saturated rings. The van der Waals surface area contributed by atoms with Gasteiger partial charge >= 0.3 is 0 Å². The summed E-state index contributed by atoms with van der Waals surface area (Å²) in [7, 11) is 0. The first-order valence-electron chi connectivity index (χ1n) is 4.11. The molecule has 2 heteroatoms. The fourth-order valence-electron chi connectivity index (χ4n) is 1.38. The lowest BCUT2D eigenvalue weighted by atomic mass is 10.0. The number of benzene rings is 1. The van der Waals surface area contributed by atoms with Gasteiger partial charge in [-0.1, -0.05) is 18.1 Å². The Morgan fingerprint density at radius 1 is 1.29 bits per heavy atom. The Bertz CT molecular complexity index is 571. The van der Waals surface area contributed by atoms with E-state index in [1.807, 2.05) is 18.2 Å². The summed E-state index contributed by atoms with van der Waals surface area (Å²) in [5.74, 6) is 2.50. The molecule has 64 valence electrons. The minimum absolute atomic E-state index is 0.499. The van der Waals surface area contributed by atoms with Crippen molar-refractivity contribution in [1.29, 1.82) is 5.26 Å². The summed E-state index contributed by atoms with van der Waals surface area (Å²) >= 11 is 0. The minimum atomic E-state index is 0.499. The molecule has 0 unspecified atom stereocenters. The van der Waals surface area contributed by atoms with E-state index in [0.29, 0.717) is 16.6 Å². The maximum absolute atomic E-state index is 8.84. The Balaban J connectivity index is 2.94. The lowest BCUT2D eigenvalue weighted by Gasteiger charge is -2.00. The topological polar surface area (TPSA) is 36.7 Å². The first kappa shape index (κ1) is 8.29. The van der Waals surface area contributed by atoms with Crippen LogP contribution in [0.5, 0.6) is 0 Å². The molecule has 2 nitrogen and oxygen atoms in total. The van der Waals surface area contributed by atoms with Crippen LogP contribution in [-0.4, -0.2) is 4.98 Å². The minimum Gasteiger partial charge on any atom is -0.255 e. The predicted molar refractivity (Wildman–Crippen MR) is 54.4 cm³/mol. The van der Waals surface area contributed by atoms with Crippen LogP contribution in [0.2, 0.25) is 0 Å². The third kappa shape index (κ3) is 1.11. The van der Waals surface area contributed by atoms with Crippen LogP contribution in [0.25, 0.3) is 10.9 Å². The number of hydrogen-bond donors (Lipinski definition) is 0. The highest BCUT2D eigenvalue weighted by atomic mass is 14.6. The smallest absolute Gasteiger partial charge is 0.101 e. The molecule has 0 radical (unpaired) electrons. The second-order valence-electron chi connectivity index (χ2n) is 2.82. The second-order valence-corrected chi connectivity index (χ2v) is 2.82. The Morgan fingerprint density at radius 2 is 2.14 bits per heavy atom. The summed E-state index contributed by atoms with van der Waals surface area (Å²) in [5, 5.41) is 9.79. The molecule has 14 heavy (non-hydrogen) atoms. The summed E-state index contributed by atoms with van der Waals surface area (Å²) in [5.41, 5.74) is 1.79. The standard InChI is InChI=1S/C12H6N2/c1-2-11-10(8-13)6-5-9-4-3-7-14-12(9)11/h1,3-7H. The number of rotatable bonds is 0. The average Bonchev–Trinajstić information content (AvgIpc) is 2.27. The Labute approximate surface area is 81.8 Å². The van der Waals surface area contributed by atoms with Crippen molar-refractivity contribution < 1.29 is 0 Å². The molecule has 0 spiro atoms. The van der Waals surface area contributed by atoms with Crippen LogP contribution < -0.4 is 0 Å². The molecule has 0 saturated heterocycles. The van der Waals surface area contributed by atoms with E-state index in [-0.39, 0.29) is 0 Å². The first-order chi connectivity index (χ1) is 6.86. The summed E-state index contributed by atoms with van der Waals surface area (Å²) in [6.07, 6.45) is 7.02. The quantitative estimate of drug-likeness (QED) is 0.579. The fourth-order valence-corrected chi connectivity index (χ4v) is 1.38. The fraction of sp³-hybridized carbons (Fsp3) is 0. The van der Waals surface area contributed by atoms with Gasteiger partial charge in [0.2, 0.25) is 0 Å². The zero-order valence-corrected chi connectivity index (χ0v) is 7.36. The van der Waals surface area contributed by atoms with Crippen LogP contribution in [0.1, 0.15) is 11.1 Å². The number of aromatic nitrogens is 1. The van der Waals surface area contributed by atoms with Gasteiger partial charge in [-0.3, -0.25) is 4.98 Å². The van der Waals surface area contributed by atoms with Crippen molar-refractivity contribution in [3.63, 3.8) is 0 Å². The Hall–Kier alpha value is -2.32. The molecular weight excluding hydrogens is 172 g/mol. The normalized spacial score (nSPS) is 9.29. The molecular formula is C12H6N2. The third-order valence-corrected chi connectivity index (χ3v) is 2.04. The van der Waals surface area contributed by atoms with Crippen LogP contribution in [0.3, 0.4) is 0 Å². The maximum Gasteiger partial charge on any atom is 0.101 e. The van der Waals surface area contributed by atoms with Crippen molar-refractivity contribution in [1.82, 2.24) is 4.98 Å². The van der Waals surface area contributed by atoms with E-state index in [4.69, 9.17) is 11.7 Å². The Kier molecular flexibility index (Phi) is 1.89. The highest BCUT2D eigenvalue weighted by Crippen LogP contribution is 2.18. The third-order valence-electron chi connectivity index (χ3n) is 2.04. The molecule has 0 N–H and O–H groups in total. The molecule has 1 aromatic heterocycles. The summed E-state index contributed by atoms with van der Waals surface area (Å²) in [6.45, 7) is 0. The van der Waals surface area contributed by atoms with Crippen LogP contribution in [0.15, 0.2) is 30.5 Å². The average molecular weight is 178 g/mol. The zero-order chi connectivity index (χ0) is 9.97. The molecule has 0 amide bonds. The van der Waals surface area contributed by atoms with Gasteiger partial charge in [-0.2, -0.15) is 5.26 Å². The maximum atomic E-state index is 8.84. The number of fused-ring (bicyclic) bond motifs is 1. The van der Waals surface area contributed by atoms with E-state index < -0.39 is 0 Å². The van der Waals surface area contributed by atoms with Crippen LogP contribution >= 0.6 is 0 Å². The number of nitrogens with zero attached hydrogens (tertiary/aromatic N) is 2. The van der Waals surface area contributed by atoms with Crippen LogP contribution in [0.4, 0.5) is 0 Å². The van der Waals surface area contributed by atoms with Gasteiger partial charge in [0.05, 0.1) is 16.6 Å². The molecule has 0 bridgehead atoms. The van der Waals surface area contributed by atoms with E-state index >= 15 is 0 Å². The van der Waals surface area contributed by atoms with Gasteiger partial charge in [-0.25, -0.2) is 0 Å². The molecule has 2 aromatic rings. The largest absolute Gasteiger partial charge is 0.255 e. The van der Waals surface area contributed by atoms with E-state index in [1.54, 1.807) is 12.3 Å². The van der Waals surface area contributed by atoms with Crippen molar-refractivity contribution in [3.05, 3.63) is 41.6 Å². The SMILES string of the molecule is C#Cc1c(C#N)ccc2cccnc12. The molecule has 0 aliphatic heterocycles. The van der Waals surface area contributed by atoms with Gasteiger partial charge in [0, 0.05) is 11.6 Å². The van der Waals surface area contributed by atoms with Gasteiger partial charge in [0.15, 0.2) is 0 Å². The van der Waals surface area contributed by atoms with E-state index in [1.165, 1.54) is 0 Å². The molecule has 1 heterocycles. The van der Waals surface area contributed by atoms with Gasteiger partial charge in [0.25, 0.3) is 0 Å². The summed E-state index contributed by atoms with van der Waals surface area (Å²) in [4.78, 5) is 4.17. The van der Waals surface area contributed by atoms with Gasteiger partial charge in [-0.15, -0.1) is 6.42 Å². The van der Waals surface area contributed by atoms with Crippen molar-refractivity contribution in [3.8, 4) is 18.4 Å². The zero-order valence-electron chi connectivity index (χ0n) is 7.36. The first-order valence-corrected chi connectivity index (χ1v) is 4.11. The van der Waals surface area contributed by atoms with Gasteiger partial charge < -0.3 is 0 Å². The summed E-state index contributed by atoms with van der Waals surface area (Å²) < 4.78 is 0. The second kappa shape index (κ2) is 3.20. The van der Waals surface area contributed by atoms with Crippen molar-refractivity contribution >= 4 is 10.9 Å². The lowest BCUT2D eigenvalue weighted by Crippen LogP contribution is -1.88. The van der Waals surface area contributed by atoms with E-state index in [9.17, 15) is 0 Å².